The number of ether oxygens (including phenoxy) is 1. The maximum Gasteiger partial charge on any atom is 0.245 e. The monoisotopic (exact) mass is 238 g/mol. The van der Waals surface area contributed by atoms with E-state index in [1.165, 1.54) is 0 Å². The summed E-state index contributed by atoms with van der Waals surface area (Å²) in [4.78, 5) is 26.1. The highest BCUT2D eigenvalue weighted by Crippen LogP contribution is 2.38. The fraction of sp³-hybridized carbons (Fsp3) is 0.833. The Kier molecular flexibility index (Phi) is 2.58. The average Bonchev–Trinajstić information content (AvgIpc) is 2.98. The second kappa shape index (κ2) is 3.98. The van der Waals surface area contributed by atoms with Gasteiger partial charge in [0.05, 0.1) is 12.6 Å². The van der Waals surface area contributed by atoms with Crippen molar-refractivity contribution >= 4 is 11.8 Å². The predicted octanol–water partition coefficient (Wildman–Crippen LogP) is -0.0992. The summed E-state index contributed by atoms with van der Waals surface area (Å²) in [6, 6.07) is -0.537. The van der Waals surface area contributed by atoms with Crippen LogP contribution in [0.5, 0.6) is 0 Å². The van der Waals surface area contributed by atoms with Crippen LogP contribution in [0.1, 0.15) is 26.2 Å². The first-order chi connectivity index (χ1) is 8.18. The van der Waals surface area contributed by atoms with Crippen molar-refractivity contribution in [2.75, 3.05) is 13.2 Å². The maximum atomic E-state index is 12.3. The van der Waals surface area contributed by atoms with Crippen molar-refractivity contribution in [3.05, 3.63) is 0 Å². The van der Waals surface area contributed by atoms with Crippen molar-refractivity contribution in [3.63, 3.8) is 0 Å². The Morgan fingerprint density at radius 1 is 1.29 bits per heavy atom. The Morgan fingerprint density at radius 2 is 2.06 bits per heavy atom. The van der Waals surface area contributed by atoms with E-state index in [1.807, 2.05) is 4.90 Å². The third-order valence-electron chi connectivity index (χ3n) is 3.92. The predicted molar refractivity (Wildman–Crippen MR) is 60.2 cm³/mol. The van der Waals surface area contributed by atoms with Crippen LogP contribution in [0.25, 0.3) is 0 Å². The third kappa shape index (κ3) is 1.82. The molecule has 2 amide bonds. The minimum atomic E-state index is -0.391. The zero-order valence-corrected chi connectivity index (χ0v) is 10.0. The first-order valence-electron chi connectivity index (χ1n) is 6.39. The van der Waals surface area contributed by atoms with Crippen LogP contribution in [0.2, 0.25) is 0 Å². The summed E-state index contributed by atoms with van der Waals surface area (Å²) < 4.78 is 5.35. The average molecular weight is 238 g/mol. The normalized spacial score (nSPS) is 38.4. The summed E-state index contributed by atoms with van der Waals surface area (Å²) in [5, 5.41) is 2.78. The number of nitrogens with one attached hydrogen (secondary N) is 1. The highest BCUT2D eigenvalue weighted by Gasteiger charge is 2.49. The Balaban J connectivity index is 1.86. The molecule has 1 N–H and O–H groups in total. The lowest BCUT2D eigenvalue weighted by Crippen LogP contribution is -2.65. The molecule has 3 aliphatic rings. The van der Waals surface area contributed by atoms with Gasteiger partial charge >= 0.3 is 0 Å². The van der Waals surface area contributed by atoms with Crippen molar-refractivity contribution < 1.29 is 14.3 Å². The van der Waals surface area contributed by atoms with E-state index in [-0.39, 0.29) is 23.9 Å². The molecule has 17 heavy (non-hydrogen) atoms. The minimum absolute atomic E-state index is 0.0199. The molecule has 3 rings (SSSR count). The molecule has 5 heteroatoms. The van der Waals surface area contributed by atoms with Gasteiger partial charge in [0.25, 0.3) is 0 Å². The molecule has 5 nitrogen and oxygen atoms in total. The molecule has 0 aromatic rings. The lowest BCUT2D eigenvalue weighted by Gasteiger charge is -2.41. The van der Waals surface area contributed by atoms with E-state index in [0.717, 1.165) is 19.3 Å². The summed E-state index contributed by atoms with van der Waals surface area (Å²) in [6.45, 7) is 3.03. The van der Waals surface area contributed by atoms with Crippen molar-refractivity contribution in [3.8, 4) is 0 Å². The van der Waals surface area contributed by atoms with Gasteiger partial charge < -0.3 is 15.0 Å². The molecule has 0 bridgehead atoms. The molecular weight excluding hydrogens is 220 g/mol. The fourth-order valence-corrected chi connectivity index (χ4v) is 2.85. The SMILES string of the molecule is CC1NC(=O)C(C2CC2)N(C2CCOC2)C1=O. The van der Waals surface area contributed by atoms with Crippen LogP contribution >= 0.6 is 0 Å². The molecule has 2 aliphatic heterocycles. The lowest BCUT2D eigenvalue weighted by atomic mass is 10.0. The van der Waals surface area contributed by atoms with Gasteiger partial charge in [-0.1, -0.05) is 0 Å². The first-order valence-corrected chi connectivity index (χ1v) is 6.39. The number of nitrogens with zero attached hydrogens (tertiary/aromatic N) is 1. The van der Waals surface area contributed by atoms with Gasteiger partial charge in [0.2, 0.25) is 11.8 Å². The van der Waals surface area contributed by atoms with Crippen LogP contribution in [-0.4, -0.2) is 48.1 Å². The Hall–Kier alpha value is -1.10. The molecule has 1 saturated carbocycles. The van der Waals surface area contributed by atoms with Gasteiger partial charge in [-0.25, -0.2) is 0 Å². The summed E-state index contributed by atoms with van der Waals surface area (Å²) >= 11 is 0. The fourth-order valence-electron chi connectivity index (χ4n) is 2.85. The first kappa shape index (κ1) is 11.0. The molecule has 1 aliphatic carbocycles. The summed E-state index contributed by atoms with van der Waals surface area (Å²) in [5.41, 5.74) is 0. The smallest absolute Gasteiger partial charge is 0.245 e. The van der Waals surface area contributed by atoms with Crippen molar-refractivity contribution in [1.82, 2.24) is 10.2 Å². The van der Waals surface area contributed by atoms with E-state index < -0.39 is 6.04 Å². The van der Waals surface area contributed by atoms with Gasteiger partial charge in [0.15, 0.2) is 0 Å². The Labute approximate surface area is 100 Å². The maximum absolute atomic E-state index is 12.3. The van der Waals surface area contributed by atoms with Gasteiger partial charge in [-0.2, -0.15) is 0 Å². The number of hydrogen-bond acceptors (Lipinski definition) is 3. The standard InChI is InChI=1S/C12H18N2O3/c1-7-12(16)14(9-4-5-17-6-9)10(8-2-3-8)11(15)13-7/h7-10H,2-6H2,1H3,(H,13,15). The Morgan fingerprint density at radius 3 is 2.65 bits per heavy atom. The van der Waals surface area contributed by atoms with E-state index in [9.17, 15) is 9.59 Å². The van der Waals surface area contributed by atoms with Gasteiger partial charge in [0, 0.05) is 6.61 Å². The number of hydrogen-bond donors (Lipinski definition) is 1. The number of rotatable bonds is 2. The molecule has 3 fully saturated rings. The van der Waals surface area contributed by atoms with Crippen LogP contribution in [-0.2, 0) is 14.3 Å². The molecule has 0 aromatic heterocycles. The minimum Gasteiger partial charge on any atom is -0.379 e. The van der Waals surface area contributed by atoms with E-state index in [4.69, 9.17) is 4.74 Å². The van der Waals surface area contributed by atoms with E-state index in [2.05, 4.69) is 5.32 Å². The second-order valence-electron chi connectivity index (χ2n) is 5.28. The molecule has 0 radical (unpaired) electrons. The molecule has 94 valence electrons. The number of amides is 2. The topological polar surface area (TPSA) is 58.6 Å². The van der Waals surface area contributed by atoms with Crippen molar-refractivity contribution in [2.45, 2.75) is 44.3 Å². The zero-order valence-electron chi connectivity index (χ0n) is 10.0. The summed E-state index contributed by atoms with van der Waals surface area (Å²) in [6.07, 6.45) is 2.97. The number of piperazine rings is 1. The lowest BCUT2D eigenvalue weighted by molar-refractivity contribution is -0.152. The third-order valence-corrected chi connectivity index (χ3v) is 3.92. The highest BCUT2D eigenvalue weighted by atomic mass is 16.5. The second-order valence-corrected chi connectivity index (χ2v) is 5.28. The quantitative estimate of drug-likeness (QED) is 0.731. The highest BCUT2D eigenvalue weighted by molar-refractivity contribution is 5.97. The van der Waals surface area contributed by atoms with Crippen LogP contribution in [0.3, 0.4) is 0 Å². The van der Waals surface area contributed by atoms with E-state index >= 15 is 0 Å². The van der Waals surface area contributed by atoms with Crippen LogP contribution < -0.4 is 5.32 Å². The molecule has 3 atom stereocenters. The summed E-state index contributed by atoms with van der Waals surface area (Å²) in [7, 11) is 0. The van der Waals surface area contributed by atoms with Gasteiger partial charge in [-0.05, 0) is 32.1 Å². The van der Waals surface area contributed by atoms with Gasteiger partial charge in [-0.15, -0.1) is 0 Å². The van der Waals surface area contributed by atoms with E-state index in [1.54, 1.807) is 6.92 Å². The number of carbonyl (C=O) groups is 2. The zero-order chi connectivity index (χ0) is 12.0. The van der Waals surface area contributed by atoms with Crippen LogP contribution in [0.4, 0.5) is 0 Å². The van der Waals surface area contributed by atoms with Crippen molar-refractivity contribution in [2.24, 2.45) is 5.92 Å². The molecule has 0 aromatic carbocycles. The van der Waals surface area contributed by atoms with Gasteiger partial charge in [0.1, 0.15) is 12.1 Å². The van der Waals surface area contributed by atoms with Crippen molar-refractivity contribution in [1.29, 1.82) is 0 Å². The van der Waals surface area contributed by atoms with E-state index in [0.29, 0.717) is 19.1 Å². The molecule has 2 heterocycles. The molecule has 2 saturated heterocycles. The van der Waals surface area contributed by atoms with Crippen LogP contribution in [0.15, 0.2) is 0 Å². The van der Waals surface area contributed by atoms with Gasteiger partial charge in [-0.3, -0.25) is 9.59 Å². The molecular formula is C12H18N2O3. The molecule has 0 spiro atoms. The van der Waals surface area contributed by atoms with Crippen LogP contribution in [0, 0.1) is 5.92 Å². The largest absolute Gasteiger partial charge is 0.379 e. The summed E-state index contributed by atoms with van der Waals surface area (Å²) in [5.74, 6) is 0.440. The Bertz CT molecular complexity index is 348. The molecule has 3 unspecified atom stereocenters. The number of carbonyl (C=O) groups excluding carboxylic acids is 2.